The highest BCUT2D eigenvalue weighted by Crippen LogP contribution is 2.19. The highest BCUT2D eigenvalue weighted by molar-refractivity contribution is 9.10. The molecule has 1 aliphatic rings. The first-order valence-electron chi connectivity index (χ1n) is 6.79. The van der Waals surface area contributed by atoms with Crippen LogP contribution in [0.3, 0.4) is 0 Å². The predicted octanol–water partition coefficient (Wildman–Crippen LogP) is 3.19. The van der Waals surface area contributed by atoms with Crippen LogP contribution in [0.1, 0.15) is 24.0 Å². The molecule has 0 bridgehead atoms. The van der Waals surface area contributed by atoms with E-state index in [9.17, 15) is 0 Å². The van der Waals surface area contributed by atoms with Gasteiger partial charge in [-0.3, -0.25) is 0 Å². The summed E-state index contributed by atoms with van der Waals surface area (Å²) in [4.78, 5) is 2.46. The van der Waals surface area contributed by atoms with Gasteiger partial charge in [0.05, 0.1) is 0 Å². The second-order valence-corrected chi connectivity index (χ2v) is 6.38. The summed E-state index contributed by atoms with van der Waals surface area (Å²) in [7, 11) is 2.24. The summed E-state index contributed by atoms with van der Waals surface area (Å²) in [5.74, 6) is 0.865. The molecule has 0 amide bonds. The van der Waals surface area contributed by atoms with E-state index in [2.05, 4.69) is 58.3 Å². The first-order chi connectivity index (χ1) is 8.65. The van der Waals surface area contributed by atoms with Crippen molar-refractivity contribution in [3.63, 3.8) is 0 Å². The summed E-state index contributed by atoms with van der Waals surface area (Å²) in [6.45, 7) is 6.84. The van der Waals surface area contributed by atoms with E-state index in [1.807, 2.05) is 0 Å². The van der Waals surface area contributed by atoms with Crippen molar-refractivity contribution in [3.05, 3.63) is 33.8 Å². The fraction of sp³-hybridized carbons (Fsp3) is 0.600. The van der Waals surface area contributed by atoms with Crippen molar-refractivity contribution in [1.29, 1.82) is 0 Å². The van der Waals surface area contributed by atoms with Crippen molar-refractivity contribution in [2.45, 2.75) is 26.3 Å². The van der Waals surface area contributed by atoms with Crippen molar-refractivity contribution in [3.8, 4) is 0 Å². The SMILES string of the molecule is Cc1ccc(Br)cc1CN(C)CC1CCNCC1. The van der Waals surface area contributed by atoms with Crippen LogP contribution in [0, 0.1) is 12.8 Å². The van der Waals surface area contributed by atoms with Crippen LogP contribution in [0.15, 0.2) is 22.7 Å². The molecule has 2 nitrogen and oxygen atoms in total. The normalized spacial score (nSPS) is 17.3. The fourth-order valence-electron chi connectivity index (χ4n) is 2.67. The largest absolute Gasteiger partial charge is 0.317 e. The van der Waals surface area contributed by atoms with Crippen LogP contribution in [0.4, 0.5) is 0 Å². The van der Waals surface area contributed by atoms with Crippen LogP contribution < -0.4 is 5.32 Å². The molecule has 0 unspecified atom stereocenters. The molecule has 1 saturated heterocycles. The molecule has 0 saturated carbocycles. The Morgan fingerprint density at radius 1 is 1.33 bits per heavy atom. The third-order valence-corrected chi connectivity index (χ3v) is 4.27. The number of benzene rings is 1. The Bertz CT molecular complexity index is 386. The molecule has 1 aliphatic heterocycles. The topological polar surface area (TPSA) is 15.3 Å². The quantitative estimate of drug-likeness (QED) is 0.919. The van der Waals surface area contributed by atoms with Gasteiger partial charge in [0.15, 0.2) is 0 Å². The van der Waals surface area contributed by atoms with Gasteiger partial charge in [-0.15, -0.1) is 0 Å². The van der Waals surface area contributed by atoms with Crippen molar-refractivity contribution in [2.75, 3.05) is 26.7 Å². The number of halogens is 1. The maximum absolute atomic E-state index is 3.56. The van der Waals surface area contributed by atoms with Gasteiger partial charge in [0.2, 0.25) is 0 Å². The Balaban J connectivity index is 1.89. The minimum Gasteiger partial charge on any atom is -0.317 e. The third-order valence-electron chi connectivity index (χ3n) is 3.78. The number of aryl methyl sites for hydroxylation is 1. The van der Waals surface area contributed by atoms with Crippen LogP contribution in [0.5, 0.6) is 0 Å². The highest BCUT2D eigenvalue weighted by atomic mass is 79.9. The Morgan fingerprint density at radius 2 is 2.06 bits per heavy atom. The maximum atomic E-state index is 3.56. The molecule has 100 valence electrons. The summed E-state index contributed by atoms with van der Waals surface area (Å²) >= 11 is 3.56. The van der Waals surface area contributed by atoms with Crippen LogP contribution in [0.2, 0.25) is 0 Å². The van der Waals surface area contributed by atoms with E-state index in [0.717, 1.165) is 12.5 Å². The lowest BCUT2D eigenvalue weighted by molar-refractivity contribution is 0.234. The number of nitrogens with one attached hydrogen (secondary N) is 1. The minimum absolute atomic E-state index is 0.865. The van der Waals surface area contributed by atoms with Crippen LogP contribution >= 0.6 is 15.9 Å². The van der Waals surface area contributed by atoms with E-state index >= 15 is 0 Å². The Kier molecular flexibility index (Phi) is 5.22. The number of rotatable bonds is 4. The van der Waals surface area contributed by atoms with Crippen molar-refractivity contribution >= 4 is 15.9 Å². The second kappa shape index (κ2) is 6.69. The van der Waals surface area contributed by atoms with E-state index in [4.69, 9.17) is 0 Å². The van der Waals surface area contributed by atoms with Gasteiger partial charge in [-0.25, -0.2) is 0 Å². The summed E-state index contributed by atoms with van der Waals surface area (Å²) < 4.78 is 1.18. The van der Waals surface area contributed by atoms with E-state index in [1.165, 1.54) is 48.1 Å². The van der Waals surface area contributed by atoms with Gasteiger partial charge in [-0.2, -0.15) is 0 Å². The zero-order valence-corrected chi connectivity index (χ0v) is 13.0. The van der Waals surface area contributed by atoms with E-state index < -0.39 is 0 Å². The van der Waals surface area contributed by atoms with E-state index in [1.54, 1.807) is 0 Å². The predicted molar refractivity (Wildman–Crippen MR) is 80.8 cm³/mol. The molecule has 3 heteroatoms. The molecule has 0 radical (unpaired) electrons. The molecule has 1 N–H and O–H groups in total. The Labute approximate surface area is 119 Å². The zero-order chi connectivity index (χ0) is 13.0. The number of piperidine rings is 1. The molecular weight excluding hydrogens is 288 g/mol. The minimum atomic E-state index is 0.865. The zero-order valence-electron chi connectivity index (χ0n) is 11.4. The van der Waals surface area contributed by atoms with Gasteiger partial charge in [0.1, 0.15) is 0 Å². The number of hydrogen-bond donors (Lipinski definition) is 1. The summed E-state index contributed by atoms with van der Waals surface area (Å²) in [6.07, 6.45) is 2.64. The fourth-order valence-corrected chi connectivity index (χ4v) is 3.08. The van der Waals surface area contributed by atoms with E-state index in [-0.39, 0.29) is 0 Å². The van der Waals surface area contributed by atoms with Crippen molar-refractivity contribution in [1.82, 2.24) is 10.2 Å². The van der Waals surface area contributed by atoms with Gasteiger partial charge in [-0.1, -0.05) is 22.0 Å². The molecule has 2 rings (SSSR count). The second-order valence-electron chi connectivity index (χ2n) is 5.46. The molecule has 1 heterocycles. The van der Waals surface area contributed by atoms with Crippen molar-refractivity contribution in [2.24, 2.45) is 5.92 Å². The Hall–Kier alpha value is -0.380. The average molecular weight is 311 g/mol. The molecule has 0 aromatic heterocycles. The molecule has 1 aromatic carbocycles. The summed E-state index contributed by atoms with van der Waals surface area (Å²) in [6, 6.07) is 6.55. The first kappa shape index (κ1) is 14.0. The maximum Gasteiger partial charge on any atom is 0.0233 e. The molecule has 0 spiro atoms. The number of nitrogens with zero attached hydrogens (tertiary/aromatic N) is 1. The molecule has 18 heavy (non-hydrogen) atoms. The summed E-state index contributed by atoms with van der Waals surface area (Å²) in [5, 5.41) is 3.43. The first-order valence-corrected chi connectivity index (χ1v) is 7.59. The van der Waals surface area contributed by atoms with Gasteiger partial charge in [-0.05, 0) is 69.1 Å². The van der Waals surface area contributed by atoms with E-state index in [0.29, 0.717) is 0 Å². The third kappa shape index (κ3) is 4.08. The standard InChI is InChI=1S/C15H23BrN2/c1-12-3-4-15(16)9-14(12)11-18(2)10-13-5-7-17-8-6-13/h3-4,9,13,17H,5-8,10-11H2,1-2H3. The van der Waals surface area contributed by atoms with Crippen LogP contribution in [-0.4, -0.2) is 31.6 Å². The van der Waals surface area contributed by atoms with Crippen LogP contribution in [-0.2, 0) is 6.54 Å². The lowest BCUT2D eigenvalue weighted by Crippen LogP contribution is -2.34. The van der Waals surface area contributed by atoms with Crippen LogP contribution in [0.25, 0.3) is 0 Å². The summed E-state index contributed by atoms with van der Waals surface area (Å²) in [5.41, 5.74) is 2.82. The lowest BCUT2D eigenvalue weighted by atomic mass is 9.97. The van der Waals surface area contributed by atoms with Gasteiger partial charge >= 0.3 is 0 Å². The Morgan fingerprint density at radius 3 is 2.78 bits per heavy atom. The van der Waals surface area contributed by atoms with Gasteiger partial charge in [0, 0.05) is 17.6 Å². The van der Waals surface area contributed by atoms with Crippen molar-refractivity contribution < 1.29 is 0 Å². The van der Waals surface area contributed by atoms with Gasteiger partial charge in [0.25, 0.3) is 0 Å². The lowest BCUT2D eigenvalue weighted by Gasteiger charge is -2.28. The highest BCUT2D eigenvalue weighted by Gasteiger charge is 2.15. The molecular formula is C15H23BrN2. The monoisotopic (exact) mass is 310 g/mol. The number of hydrogen-bond acceptors (Lipinski definition) is 2. The molecule has 1 aromatic rings. The smallest absolute Gasteiger partial charge is 0.0233 e. The van der Waals surface area contributed by atoms with Gasteiger partial charge < -0.3 is 10.2 Å². The molecule has 1 fully saturated rings. The average Bonchev–Trinajstić information content (AvgIpc) is 2.35. The molecule has 0 aliphatic carbocycles. The molecule has 0 atom stereocenters.